The van der Waals surface area contributed by atoms with E-state index in [0.29, 0.717) is 23.5 Å². The van der Waals surface area contributed by atoms with Gasteiger partial charge in [0.15, 0.2) is 5.16 Å². The molecule has 0 unspecified atom stereocenters. The fourth-order valence-electron chi connectivity index (χ4n) is 1.70. The van der Waals surface area contributed by atoms with Crippen LogP contribution in [0, 0.1) is 0 Å². The maximum Gasteiger partial charge on any atom is 0.219 e. The van der Waals surface area contributed by atoms with Gasteiger partial charge in [0.1, 0.15) is 5.82 Å². The van der Waals surface area contributed by atoms with E-state index in [0.717, 1.165) is 6.42 Å². The first-order chi connectivity index (χ1) is 9.30. The highest BCUT2D eigenvalue weighted by molar-refractivity contribution is 7.98. The summed E-state index contributed by atoms with van der Waals surface area (Å²) in [5, 5.41) is 0.661. The third-order valence-electron chi connectivity index (χ3n) is 2.76. The predicted molar refractivity (Wildman–Crippen MR) is 80.5 cm³/mol. The Morgan fingerprint density at radius 1 is 1.21 bits per heavy atom. The lowest BCUT2D eigenvalue weighted by atomic mass is 10.1. The van der Waals surface area contributed by atoms with Crippen LogP contribution in [-0.4, -0.2) is 22.8 Å². The topological polar surface area (TPSA) is 73.1 Å². The first-order valence-electron chi connectivity index (χ1n) is 6.82. The molecule has 0 fully saturated rings. The van der Waals surface area contributed by atoms with E-state index in [1.165, 1.54) is 43.9 Å². The number of ether oxygens (including phenoxy) is 1. The number of nitrogens with one attached hydrogen (secondary N) is 1. The molecular weight excluding hydrogens is 260 g/mol. The normalized spacial score (nSPS) is 10.5. The number of hydrogen-bond donors (Lipinski definition) is 2. The largest absolute Gasteiger partial charge is 0.478 e. The molecule has 0 aliphatic rings. The van der Waals surface area contributed by atoms with Crippen LogP contribution in [0.4, 0.5) is 5.82 Å². The van der Waals surface area contributed by atoms with Gasteiger partial charge in [0, 0.05) is 6.07 Å². The second-order valence-corrected chi connectivity index (χ2v) is 5.11. The van der Waals surface area contributed by atoms with Crippen LogP contribution >= 0.6 is 11.8 Å². The van der Waals surface area contributed by atoms with Gasteiger partial charge in [0.2, 0.25) is 5.88 Å². The number of aromatic nitrogens is 2. The van der Waals surface area contributed by atoms with Crippen LogP contribution in [0.5, 0.6) is 5.88 Å². The molecule has 5 nitrogen and oxygen atoms in total. The second-order valence-electron chi connectivity index (χ2n) is 4.34. The number of nitrogens with zero attached hydrogens (tertiary/aromatic N) is 2. The van der Waals surface area contributed by atoms with Gasteiger partial charge in [-0.2, -0.15) is 4.98 Å². The number of nitrogen functional groups attached to an aromatic ring is 1. The molecule has 3 N–H and O–H groups in total. The zero-order valence-electron chi connectivity index (χ0n) is 11.8. The molecule has 1 rings (SSSR count). The van der Waals surface area contributed by atoms with Gasteiger partial charge in [-0.15, -0.1) is 0 Å². The van der Waals surface area contributed by atoms with Crippen LogP contribution < -0.4 is 16.0 Å². The van der Waals surface area contributed by atoms with E-state index in [1.807, 2.05) is 6.26 Å². The Balaban J connectivity index is 2.28. The molecule has 19 heavy (non-hydrogen) atoms. The highest BCUT2D eigenvalue weighted by atomic mass is 32.2. The van der Waals surface area contributed by atoms with Crippen molar-refractivity contribution < 1.29 is 4.74 Å². The SMILES string of the molecule is CCCCCCCCOc1cc(NN)nc(SC)n1. The number of anilines is 1. The fraction of sp³-hybridized carbons (Fsp3) is 0.692. The lowest BCUT2D eigenvalue weighted by molar-refractivity contribution is 0.290. The van der Waals surface area contributed by atoms with Gasteiger partial charge >= 0.3 is 0 Å². The van der Waals surface area contributed by atoms with E-state index in [9.17, 15) is 0 Å². The molecular formula is C13H24N4OS. The molecule has 1 aromatic heterocycles. The summed E-state index contributed by atoms with van der Waals surface area (Å²) in [5.74, 6) is 6.53. The van der Waals surface area contributed by atoms with Gasteiger partial charge in [-0.25, -0.2) is 10.8 Å². The van der Waals surface area contributed by atoms with Crippen LogP contribution in [0.2, 0.25) is 0 Å². The Kier molecular flexibility index (Phi) is 8.33. The summed E-state index contributed by atoms with van der Waals surface area (Å²) in [6.45, 7) is 2.92. The van der Waals surface area contributed by atoms with E-state index < -0.39 is 0 Å². The Bertz CT molecular complexity index is 340. The van der Waals surface area contributed by atoms with E-state index in [2.05, 4.69) is 22.3 Å². The van der Waals surface area contributed by atoms with Crippen molar-refractivity contribution in [2.24, 2.45) is 5.84 Å². The lowest BCUT2D eigenvalue weighted by Crippen LogP contribution is -2.10. The molecule has 6 heteroatoms. The molecule has 0 aliphatic heterocycles. The van der Waals surface area contributed by atoms with Crippen molar-refractivity contribution >= 4 is 17.6 Å². The van der Waals surface area contributed by atoms with Crippen LogP contribution in [-0.2, 0) is 0 Å². The summed E-state index contributed by atoms with van der Waals surface area (Å²) in [5.41, 5.74) is 2.52. The minimum Gasteiger partial charge on any atom is -0.478 e. The van der Waals surface area contributed by atoms with Gasteiger partial charge in [0.05, 0.1) is 6.61 Å². The van der Waals surface area contributed by atoms with E-state index >= 15 is 0 Å². The third kappa shape index (κ3) is 6.63. The van der Waals surface area contributed by atoms with E-state index in [1.54, 1.807) is 6.07 Å². The van der Waals surface area contributed by atoms with Gasteiger partial charge in [0.25, 0.3) is 0 Å². The molecule has 0 atom stereocenters. The maximum atomic E-state index is 5.64. The highest BCUT2D eigenvalue weighted by Crippen LogP contribution is 2.18. The Morgan fingerprint density at radius 3 is 2.63 bits per heavy atom. The molecule has 108 valence electrons. The predicted octanol–water partition coefficient (Wildman–Crippen LogP) is 3.22. The van der Waals surface area contributed by atoms with Gasteiger partial charge < -0.3 is 10.2 Å². The van der Waals surface area contributed by atoms with Crippen molar-refractivity contribution in [1.82, 2.24) is 9.97 Å². The standard InChI is InChI=1S/C13H24N4OS/c1-3-4-5-6-7-8-9-18-12-10-11(17-14)15-13(16-12)19-2/h10H,3-9,14H2,1-2H3,(H,15,16,17). The molecule has 0 radical (unpaired) electrons. The smallest absolute Gasteiger partial charge is 0.219 e. The third-order valence-corrected chi connectivity index (χ3v) is 3.31. The van der Waals surface area contributed by atoms with Crippen molar-refractivity contribution in [2.45, 2.75) is 50.6 Å². The second kappa shape index (κ2) is 9.86. The number of hydrazine groups is 1. The van der Waals surface area contributed by atoms with Gasteiger partial charge in [-0.1, -0.05) is 50.8 Å². The zero-order valence-corrected chi connectivity index (χ0v) is 12.6. The van der Waals surface area contributed by atoms with Crippen molar-refractivity contribution in [3.8, 4) is 5.88 Å². The molecule has 0 saturated heterocycles. The quantitative estimate of drug-likeness (QED) is 0.226. The molecule has 1 heterocycles. The number of rotatable bonds is 10. The van der Waals surface area contributed by atoms with Crippen molar-refractivity contribution in [3.63, 3.8) is 0 Å². The molecule has 0 saturated carbocycles. The maximum absolute atomic E-state index is 5.64. The number of hydrogen-bond acceptors (Lipinski definition) is 6. The number of thioether (sulfide) groups is 1. The first kappa shape index (κ1) is 16.0. The summed E-state index contributed by atoms with van der Waals surface area (Å²) < 4.78 is 5.64. The number of nitrogens with two attached hydrogens (primary N) is 1. The summed E-state index contributed by atoms with van der Waals surface area (Å²) in [6.07, 6.45) is 9.41. The monoisotopic (exact) mass is 284 g/mol. The highest BCUT2D eigenvalue weighted by Gasteiger charge is 2.04. The minimum atomic E-state index is 0.581. The van der Waals surface area contributed by atoms with E-state index in [-0.39, 0.29) is 0 Å². The molecule has 0 bridgehead atoms. The summed E-state index contributed by atoms with van der Waals surface area (Å²) in [4.78, 5) is 8.47. The van der Waals surface area contributed by atoms with Crippen LogP contribution in [0.3, 0.4) is 0 Å². The van der Waals surface area contributed by atoms with Crippen LogP contribution in [0.1, 0.15) is 45.4 Å². The molecule has 0 spiro atoms. The molecule has 0 aliphatic carbocycles. The Hall–Kier alpha value is -1.01. The molecule has 0 aromatic carbocycles. The Morgan fingerprint density at radius 2 is 1.95 bits per heavy atom. The zero-order chi connectivity index (χ0) is 13.9. The van der Waals surface area contributed by atoms with Crippen molar-refractivity contribution in [3.05, 3.63) is 6.07 Å². The van der Waals surface area contributed by atoms with E-state index in [4.69, 9.17) is 10.6 Å². The lowest BCUT2D eigenvalue weighted by Gasteiger charge is -2.08. The molecule has 1 aromatic rings. The van der Waals surface area contributed by atoms with Gasteiger partial charge in [-0.05, 0) is 12.7 Å². The minimum absolute atomic E-state index is 0.581. The average Bonchev–Trinajstić information content (AvgIpc) is 2.45. The fourth-order valence-corrected chi connectivity index (χ4v) is 2.07. The average molecular weight is 284 g/mol. The van der Waals surface area contributed by atoms with Gasteiger partial charge in [-0.3, -0.25) is 0 Å². The number of unbranched alkanes of at least 4 members (excludes halogenated alkanes) is 5. The van der Waals surface area contributed by atoms with Crippen LogP contribution in [0.15, 0.2) is 11.2 Å². The Labute approximate surface area is 119 Å². The summed E-state index contributed by atoms with van der Waals surface area (Å²) in [6, 6.07) is 1.72. The first-order valence-corrected chi connectivity index (χ1v) is 8.05. The summed E-state index contributed by atoms with van der Waals surface area (Å²) >= 11 is 1.47. The van der Waals surface area contributed by atoms with Crippen molar-refractivity contribution in [1.29, 1.82) is 0 Å². The molecule has 0 amide bonds. The summed E-state index contributed by atoms with van der Waals surface area (Å²) in [7, 11) is 0. The van der Waals surface area contributed by atoms with Crippen LogP contribution in [0.25, 0.3) is 0 Å². The van der Waals surface area contributed by atoms with Crippen molar-refractivity contribution in [2.75, 3.05) is 18.3 Å².